The highest BCUT2D eigenvalue weighted by atomic mass is 19.4. The molecule has 16 heavy (non-hydrogen) atoms. The van der Waals surface area contributed by atoms with Crippen LogP contribution in [0.2, 0.25) is 0 Å². The molecule has 0 heterocycles. The Morgan fingerprint density at radius 3 is 2.62 bits per heavy atom. The maximum Gasteiger partial charge on any atom is 0.413 e. The molecule has 90 valence electrons. The summed E-state index contributed by atoms with van der Waals surface area (Å²) < 4.78 is 47.6. The predicted octanol–water partition coefficient (Wildman–Crippen LogP) is 2.11. The van der Waals surface area contributed by atoms with Gasteiger partial charge in [0.05, 0.1) is 0 Å². The van der Waals surface area contributed by atoms with Gasteiger partial charge >= 0.3 is 6.18 Å². The van der Waals surface area contributed by atoms with Crippen LogP contribution in [0.25, 0.3) is 0 Å². The van der Waals surface area contributed by atoms with Gasteiger partial charge in [0.15, 0.2) is 6.61 Å². The molecule has 3 nitrogen and oxygen atoms in total. The molecule has 1 aromatic rings. The average molecular weight is 239 g/mol. The number of hydroxylamine groups is 1. The maximum absolute atomic E-state index is 12.7. The van der Waals surface area contributed by atoms with Crippen LogP contribution >= 0.6 is 0 Å². The van der Waals surface area contributed by atoms with E-state index in [4.69, 9.17) is 0 Å². The Hall–Kier alpha value is -1.34. The van der Waals surface area contributed by atoms with Gasteiger partial charge in [-0.2, -0.15) is 18.7 Å². The molecule has 0 unspecified atom stereocenters. The van der Waals surface area contributed by atoms with Gasteiger partial charge in [0, 0.05) is 12.1 Å². The number of aromatic hydroxyl groups is 1. The second-order valence-corrected chi connectivity index (χ2v) is 3.00. The standard InChI is InChI=1S/C9H9F4NO2/c10-7-1-2-8(15)6(3-7)4-14-16-5-9(11,12)13/h1-3,14-15H,4-5H2. The summed E-state index contributed by atoms with van der Waals surface area (Å²) in [4.78, 5) is 4.09. The van der Waals surface area contributed by atoms with Crippen molar-refractivity contribution in [2.75, 3.05) is 6.61 Å². The van der Waals surface area contributed by atoms with E-state index in [1.165, 1.54) is 0 Å². The summed E-state index contributed by atoms with van der Waals surface area (Å²) in [6.45, 7) is -1.68. The Labute approximate surface area is 88.6 Å². The summed E-state index contributed by atoms with van der Waals surface area (Å²) in [6, 6.07) is 3.14. The minimum Gasteiger partial charge on any atom is -0.508 e. The first-order valence-electron chi connectivity index (χ1n) is 4.27. The van der Waals surface area contributed by atoms with Crippen molar-refractivity contribution < 1.29 is 27.5 Å². The van der Waals surface area contributed by atoms with Crippen molar-refractivity contribution in [1.29, 1.82) is 0 Å². The van der Waals surface area contributed by atoms with Gasteiger partial charge in [0.25, 0.3) is 0 Å². The highest BCUT2D eigenvalue weighted by Gasteiger charge is 2.27. The van der Waals surface area contributed by atoms with Gasteiger partial charge in [-0.05, 0) is 18.2 Å². The van der Waals surface area contributed by atoms with Crippen LogP contribution in [0.3, 0.4) is 0 Å². The number of nitrogens with one attached hydrogen (secondary N) is 1. The number of halogens is 4. The van der Waals surface area contributed by atoms with Crippen LogP contribution < -0.4 is 5.48 Å². The van der Waals surface area contributed by atoms with Gasteiger partial charge in [-0.3, -0.25) is 4.84 Å². The van der Waals surface area contributed by atoms with E-state index in [0.29, 0.717) is 0 Å². The fourth-order valence-corrected chi connectivity index (χ4v) is 0.957. The minimum absolute atomic E-state index is 0.113. The molecule has 0 fully saturated rings. The molecule has 1 aromatic carbocycles. The topological polar surface area (TPSA) is 41.5 Å². The SMILES string of the molecule is Oc1ccc(F)cc1CNOCC(F)(F)F. The minimum atomic E-state index is -4.43. The van der Waals surface area contributed by atoms with Crippen LogP contribution in [0.15, 0.2) is 18.2 Å². The average Bonchev–Trinajstić information content (AvgIpc) is 2.16. The predicted molar refractivity (Wildman–Crippen MR) is 46.9 cm³/mol. The van der Waals surface area contributed by atoms with Crippen molar-refractivity contribution in [2.45, 2.75) is 12.7 Å². The van der Waals surface area contributed by atoms with Gasteiger partial charge in [-0.25, -0.2) is 4.39 Å². The van der Waals surface area contributed by atoms with Crippen molar-refractivity contribution in [3.8, 4) is 5.75 Å². The van der Waals surface area contributed by atoms with E-state index in [2.05, 4.69) is 4.84 Å². The lowest BCUT2D eigenvalue weighted by Crippen LogP contribution is -2.24. The number of phenolic OH excluding ortho intramolecular Hbond substituents is 1. The number of hydrogen-bond acceptors (Lipinski definition) is 3. The summed E-state index contributed by atoms with van der Waals surface area (Å²) in [7, 11) is 0. The molecule has 0 aromatic heterocycles. The first-order chi connectivity index (χ1) is 7.38. The Balaban J connectivity index is 2.40. The van der Waals surface area contributed by atoms with E-state index in [1.807, 2.05) is 5.48 Å². The zero-order valence-corrected chi connectivity index (χ0v) is 8.01. The van der Waals surface area contributed by atoms with Crippen molar-refractivity contribution in [3.05, 3.63) is 29.6 Å². The van der Waals surface area contributed by atoms with Gasteiger partial charge in [-0.1, -0.05) is 0 Å². The number of alkyl halides is 3. The molecule has 0 spiro atoms. The van der Waals surface area contributed by atoms with E-state index >= 15 is 0 Å². The number of benzene rings is 1. The lowest BCUT2D eigenvalue weighted by atomic mass is 10.2. The third-order valence-corrected chi connectivity index (χ3v) is 1.64. The van der Waals surface area contributed by atoms with E-state index < -0.39 is 18.6 Å². The quantitative estimate of drug-likeness (QED) is 0.480. The number of hydrogen-bond donors (Lipinski definition) is 2. The van der Waals surface area contributed by atoms with Crippen LogP contribution in [0.4, 0.5) is 17.6 Å². The second kappa shape index (κ2) is 5.13. The van der Waals surface area contributed by atoms with Crippen molar-refractivity contribution in [3.63, 3.8) is 0 Å². The van der Waals surface area contributed by atoms with E-state index in [-0.39, 0.29) is 17.9 Å². The summed E-state index contributed by atoms with van der Waals surface area (Å²) in [5, 5.41) is 9.21. The largest absolute Gasteiger partial charge is 0.508 e. The van der Waals surface area contributed by atoms with Crippen molar-refractivity contribution in [1.82, 2.24) is 5.48 Å². The van der Waals surface area contributed by atoms with E-state index in [9.17, 15) is 22.7 Å². The highest BCUT2D eigenvalue weighted by molar-refractivity contribution is 5.32. The molecule has 0 radical (unpaired) electrons. The number of rotatable bonds is 4. The lowest BCUT2D eigenvalue weighted by molar-refractivity contribution is -0.190. The smallest absolute Gasteiger partial charge is 0.413 e. The summed E-state index contributed by atoms with van der Waals surface area (Å²) in [6.07, 6.45) is -4.43. The zero-order valence-electron chi connectivity index (χ0n) is 8.01. The normalized spacial score (nSPS) is 11.8. The fourth-order valence-electron chi connectivity index (χ4n) is 0.957. The van der Waals surface area contributed by atoms with Gasteiger partial charge in [0.1, 0.15) is 11.6 Å². The van der Waals surface area contributed by atoms with Crippen LogP contribution in [0.5, 0.6) is 5.75 Å². The summed E-state index contributed by atoms with van der Waals surface area (Å²) in [5.41, 5.74) is 2.09. The van der Waals surface area contributed by atoms with Crippen LogP contribution in [0, 0.1) is 5.82 Å². The molecule has 0 aliphatic rings. The maximum atomic E-state index is 12.7. The Bertz CT molecular complexity index is 354. The molecule has 0 aliphatic heterocycles. The Morgan fingerprint density at radius 1 is 1.31 bits per heavy atom. The zero-order chi connectivity index (χ0) is 12.2. The Morgan fingerprint density at radius 2 is 2.00 bits per heavy atom. The molecule has 0 bridgehead atoms. The highest BCUT2D eigenvalue weighted by Crippen LogP contribution is 2.18. The lowest BCUT2D eigenvalue weighted by Gasteiger charge is -2.09. The first kappa shape index (κ1) is 12.7. The molecule has 2 N–H and O–H groups in total. The molecular weight excluding hydrogens is 230 g/mol. The summed E-state index contributed by atoms with van der Waals surface area (Å²) >= 11 is 0. The molecule has 0 atom stereocenters. The van der Waals surface area contributed by atoms with Gasteiger partial charge in [-0.15, -0.1) is 0 Å². The number of phenols is 1. The monoisotopic (exact) mass is 239 g/mol. The molecule has 0 aliphatic carbocycles. The van der Waals surface area contributed by atoms with E-state index in [0.717, 1.165) is 18.2 Å². The molecule has 7 heteroatoms. The second-order valence-electron chi connectivity index (χ2n) is 3.00. The first-order valence-corrected chi connectivity index (χ1v) is 4.27. The van der Waals surface area contributed by atoms with Crippen LogP contribution in [0.1, 0.15) is 5.56 Å². The summed E-state index contributed by atoms with van der Waals surface area (Å²) in [5.74, 6) is -0.810. The van der Waals surface area contributed by atoms with Gasteiger partial charge < -0.3 is 5.11 Å². The molecule has 0 saturated heterocycles. The van der Waals surface area contributed by atoms with Gasteiger partial charge in [0.2, 0.25) is 0 Å². The molecule has 0 amide bonds. The molecule has 0 saturated carbocycles. The third-order valence-electron chi connectivity index (χ3n) is 1.64. The Kier molecular flexibility index (Phi) is 4.08. The molecular formula is C9H9F4NO2. The van der Waals surface area contributed by atoms with Crippen molar-refractivity contribution in [2.24, 2.45) is 0 Å². The van der Waals surface area contributed by atoms with Crippen molar-refractivity contribution >= 4 is 0 Å². The van der Waals surface area contributed by atoms with E-state index in [1.54, 1.807) is 0 Å². The van der Waals surface area contributed by atoms with Crippen LogP contribution in [-0.4, -0.2) is 17.9 Å². The third kappa shape index (κ3) is 4.45. The van der Waals surface area contributed by atoms with Crippen LogP contribution in [-0.2, 0) is 11.4 Å². The molecule has 1 rings (SSSR count). The fraction of sp³-hybridized carbons (Fsp3) is 0.333.